The highest BCUT2D eigenvalue weighted by Crippen LogP contribution is 2.24. The Bertz CT molecular complexity index is 582. The highest BCUT2D eigenvalue weighted by atomic mass is 19.2. The monoisotopic (exact) mass is 398 g/mol. The molecule has 28 heavy (non-hydrogen) atoms. The minimum Gasteiger partial charge on any atom is -0.352 e. The first-order valence-corrected chi connectivity index (χ1v) is 10.5. The van der Waals surface area contributed by atoms with E-state index in [1.165, 1.54) is 25.3 Å². The van der Waals surface area contributed by atoms with E-state index in [0.717, 1.165) is 37.7 Å². The normalized spacial score (nSPS) is 28.4. The van der Waals surface area contributed by atoms with E-state index in [4.69, 9.17) is 18.9 Å². The van der Waals surface area contributed by atoms with E-state index in [1.807, 2.05) is 0 Å². The minimum absolute atomic E-state index is 0.107. The molecule has 0 N–H and O–H groups in total. The zero-order chi connectivity index (χ0) is 19.8. The van der Waals surface area contributed by atoms with Crippen LogP contribution in [0, 0.1) is 23.5 Å². The second-order valence-corrected chi connectivity index (χ2v) is 7.93. The Balaban J connectivity index is 1.28. The Labute approximate surface area is 166 Å². The third kappa shape index (κ3) is 6.76. The lowest BCUT2D eigenvalue weighted by molar-refractivity contribution is -0.219. The van der Waals surface area contributed by atoms with Gasteiger partial charge in [0.2, 0.25) is 0 Å². The fourth-order valence-electron chi connectivity index (χ4n) is 3.68. The molecule has 2 heterocycles. The van der Waals surface area contributed by atoms with Crippen molar-refractivity contribution in [2.75, 3.05) is 26.4 Å². The summed E-state index contributed by atoms with van der Waals surface area (Å²) in [5, 5.41) is 0. The topological polar surface area (TPSA) is 36.9 Å². The van der Waals surface area contributed by atoms with Crippen LogP contribution in [0.15, 0.2) is 18.2 Å². The summed E-state index contributed by atoms with van der Waals surface area (Å²) in [4.78, 5) is 0. The van der Waals surface area contributed by atoms with Crippen LogP contribution in [0.2, 0.25) is 0 Å². The van der Waals surface area contributed by atoms with Crippen LogP contribution in [-0.2, 0) is 25.4 Å². The second kappa shape index (κ2) is 11.2. The Morgan fingerprint density at radius 3 is 2.00 bits per heavy atom. The number of halogens is 2. The molecule has 0 bridgehead atoms. The van der Waals surface area contributed by atoms with Gasteiger partial charge in [0.1, 0.15) is 0 Å². The van der Waals surface area contributed by atoms with Crippen molar-refractivity contribution in [1.82, 2.24) is 0 Å². The summed E-state index contributed by atoms with van der Waals surface area (Å²) in [6.45, 7) is 5.10. The average Bonchev–Trinajstić information content (AvgIpc) is 2.73. The number of hydrogen-bond donors (Lipinski definition) is 0. The van der Waals surface area contributed by atoms with Gasteiger partial charge in [-0.2, -0.15) is 0 Å². The van der Waals surface area contributed by atoms with Crippen LogP contribution >= 0.6 is 0 Å². The number of ether oxygens (including phenoxy) is 4. The molecule has 0 aliphatic carbocycles. The molecule has 0 atom stereocenters. The van der Waals surface area contributed by atoms with Gasteiger partial charge in [0.15, 0.2) is 24.2 Å². The molecule has 158 valence electrons. The lowest BCUT2D eigenvalue weighted by Gasteiger charge is -2.32. The van der Waals surface area contributed by atoms with Gasteiger partial charge >= 0.3 is 0 Å². The lowest BCUT2D eigenvalue weighted by Crippen LogP contribution is -2.35. The molecule has 0 saturated carbocycles. The van der Waals surface area contributed by atoms with E-state index in [-0.39, 0.29) is 12.6 Å². The molecule has 3 rings (SSSR count). The minimum atomic E-state index is -0.820. The summed E-state index contributed by atoms with van der Waals surface area (Å²) in [5.41, 5.74) is 0.747. The molecule has 0 amide bonds. The Morgan fingerprint density at radius 2 is 1.39 bits per heavy atom. The van der Waals surface area contributed by atoms with E-state index in [2.05, 4.69) is 6.92 Å². The molecule has 2 aliphatic rings. The van der Waals surface area contributed by atoms with E-state index in [0.29, 0.717) is 37.9 Å². The Hall–Kier alpha value is -1.08. The van der Waals surface area contributed by atoms with E-state index < -0.39 is 11.6 Å². The second-order valence-electron chi connectivity index (χ2n) is 7.93. The fraction of sp³-hybridized carbons (Fsp3) is 0.727. The first kappa shape index (κ1) is 21.6. The van der Waals surface area contributed by atoms with E-state index >= 15 is 0 Å². The first-order valence-electron chi connectivity index (χ1n) is 10.5. The fourth-order valence-corrected chi connectivity index (χ4v) is 3.68. The van der Waals surface area contributed by atoms with Gasteiger partial charge in [0.05, 0.1) is 26.4 Å². The van der Waals surface area contributed by atoms with Gasteiger partial charge in [-0.05, 0) is 43.4 Å². The van der Waals surface area contributed by atoms with Crippen LogP contribution in [0.1, 0.15) is 51.0 Å². The number of unbranched alkanes of at least 4 members (excludes halogenated alkanes) is 1. The molecule has 2 fully saturated rings. The molecule has 0 spiro atoms. The highest BCUT2D eigenvalue weighted by Gasteiger charge is 2.26. The third-order valence-electron chi connectivity index (χ3n) is 5.50. The van der Waals surface area contributed by atoms with Crippen molar-refractivity contribution in [2.45, 2.75) is 64.4 Å². The number of benzene rings is 1. The maximum absolute atomic E-state index is 13.3. The maximum Gasteiger partial charge on any atom is 0.159 e. The Morgan fingerprint density at radius 1 is 0.786 bits per heavy atom. The predicted molar refractivity (Wildman–Crippen MR) is 102 cm³/mol. The zero-order valence-corrected chi connectivity index (χ0v) is 16.7. The van der Waals surface area contributed by atoms with Crippen LogP contribution in [0.4, 0.5) is 8.78 Å². The van der Waals surface area contributed by atoms with Gasteiger partial charge in [0.25, 0.3) is 0 Å². The van der Waals surface area contributed by atoms with E-state index in [1.54, 1.807) is 6.07 Å². The maximum atomic E-state index is 13.3. The van der Waals surface area contributed by atoms with Gasteiger partial charge in [0, 0.05) is 18.3 Å². The molecule has 2 saturated heterocycles. The van der Waals surface area contributed by atoms with Crippen molar-refractivity contribution in [3.8, 4) is 0 Å². The van der Waals surface area contributed by atoms with Gasteiger partial charge in [-0.1, -0.05) is 25.8 Å². The van der Waals surface area contributed by atoms with Crippen molar-refractivity contribution >= 4 is 0 Å². The van der Waals surface area contributed by atoms with Gasteiger partial charge in [-0.25, -0.2) is 8.78 Å². The number of hydrogen-bond acceptors (Lipinski definition) is 4. The Kier molecular flexibility index (Phi) is 8.65. The van der Waals surface area contributed by atoms with Crippen LogP contribution in [0.25, 0.3) is 0 Å². The largest absolute Gasteiger partial charge is 0.352 e. The first-order chi connectivity index (χ1) is 13.6. The highest BCUT2D eigenvalue weighted by molar-refractivity contribution is 5.17. The smallest absolute Gasteiger partial charge is 0.159 e. The molecule has 0 aromatic heterocycles. The molecule has 6 heteroatoms. The van der Waals surface area contributed by atoms with Crippen LogP contribution < -0.4 is 0 Å². The molecule has 1 aromatic carbocycles. The lowest BCUT2D eigenvalue weighted by atomic mass is 10.0. The van der Waals surface area contributed by atoms with Gasteiger partial charge < -0.3 is 18.9 Å². The quantitative estimate of drug-likeness (QED) is 0.596. The van der Waals surface area contributed by atoms with Crippen LogP contribution in [0.5, 0.6) is 0 Å². The van der Waals surface area contributed by atoms with Crippen molar-refractivity contribution in [3.05, 3.63) is 35.4 Å². The van der Waals surface area contributed by atoms with Crippen molar-refractivity contribution < 1.29 is 27.7 Å². The van der Waals surface area contributed by atoms with Crippen molar-refractivity contribution in [2.24, 2.45) is 11.8 Å². The molecule has 1 aromatic rings. The molecule has 4 nitrogen and oxygen atoms in total. The standard InChI is InChI=1S/C22H32F2O4/c1-2-3-4-17-12-25-22(26-13-17)10-7-18-14-27-21(28-15-18)9-6-16-5-8-19(23)20(24)11-16/h5,8,11,17-18,21-22H,2-4,6-7,9-10,12-15H2,1H3/t17-,18-,21-,22-. The predicted octanol–water partition coefficient (Wildman–Crippen LogP) is 4.85. The van der Waals surface area contributed by atoms with Crippen molar-refractivity contribution in [3.63, 3.8) is 0 Å². The number of rotatable bonds is 9. The summed E-state index contributed by atoms with van der Waals surface area (Å²) in [6, 6.07) is 3.99. The summed E-state index contributed by atoms with van der Waals surface area (Å²) in [7, 11) is 0. The van der Waals surface area contributed by atoms with E-state index in [9.17, 15) is 8.78 Å². The van der Waals surface area contributed by atoms with Gasteiger partial charge in [-0.15, -0.1) is 0 Å². The average molecular weight is 398 g/mol. The molecule has 2 aliphatic heterocycles. The van der Waals surface area contributed by atoms with Crippen molar-refractivity contribution in [1.29, 1.82) is 0 Å². The van der Waals surface area contributed by atoms with Crippen LogP contribution in [-0.4, -0.2) is 39.0 Å². The molecular formula is C22H32F2O4. The third-order valence-corrected chi connectivity index (χ3v) is 5.50. The SMILES string of the molecule is CCCC[C@H]1CO[C@H](CC[C@H]2CO[C@H](CCc3ccc(F)c(F)c3)OC2)OC1. The summed E-state index contributed by atoms with van der Waals surface area (Å²) in [6.07, 6.45) is 6.26. The molecular weight excluding hydrogens is 366 g/mol. The summed E-state index contributed by atoms with van der Waals surface area (Å²) in [5.74, 6) is -0.761. The molecule has 0 unspecified atom stereocenters. The van der Waals surface area contributed by atoms with Crippen LogP contribution in [0.3, 0.4) is 0 Å². The summed E-state index contributed by atoms with van der Waals surface area (Å²) >= 11 is 0. The summed E-state index contributed by atoms with van der Waals surface area (Å²) < 4.78 is 49.5. The molecule has 0 radical (unpaired) electrons. The van der Waals surface area contributed by atoms with Gasteiger partial charge in [-0.3, -0.25) is 0 Å². The number of aryl methyl sites for hydroxylation is 1. The zero-order valence-electron chi connectivity index (χ0n) is 16.7.